The molecular weight excluding hydrogens is 164 g/mol. The summed E-state index contributed by atoms with van der Waals surface area (Å²) in [4.78, 5) is 0. The van der Waals surface area contributed by atoms with E-state index in [-0.39, 0.29) is 5.60 Å². The molecule has 72 valence electrons. The van der Waals surface area contributed by atoms with Gasteiger partial charge < -0.3 is 9.47 Å². The molecule has 0 radical (unpaired) electrons. The summed E-state index contributed by atoms with van der Waals surface area (Å²) >= 11 is 0. The van der Waals surface area contributed by atoms with Gasteiger partial charge in [0, 0.05) is 0 Å². The van der Waals surface area contributed by atoms with Crippen molar-refractivity contribution in [3.05, 3.63) is 24.3 Å². The highest BCUT2D eigenvalue weighted by atomic mass is 16.5. The number of methoxy groups -OCH3 is 1. The molecule has 0 atom stereocenters. The van der Waals surface area contributed by atoms with E-state index in [1.54, 1.807) is 7.11 Å². The Hall–Kier alpha value is -1.18. The summed E-state index contributed by atoms with van der Waals surface area (Å²) in [5, 5.41) is 0. The first-order valence-corrected chi connectivity index (χ1v) is 4.35. The molecule has 0 N–H and O–H groups in total. The predicted octanol–water partition coefficient (Wildman–Crippen LogP) is 2.87. The molecule has 1 rings (SSSR count). The summed E-state index contributed by atoms with van der Waals surface area (Å²) in [6.45, 7) is 6.04. The average Bonchev–Trinajstić information content (AvgIpc) is 2.02. The fourth-order valence-corrected chi connectivity index (χ4v) is 1.03. The Kier molecular flexibility index (Phi) is 2.81. The molecule has 0 aliphatic carbocycles. The third-order valence-electron chi connectivity index (χ3n) is 1.49. The molecule has 1 aromatic rings. The van der Waals surface area contributed by atoms with Gasteiger partial charge in [-0.1, -0.05) is 12.1 Å². The van der Waals surface area contributed by atoms with Crippen LogP contribution in [0.4, 0.5) is 0 Å². The second-order valence-electron chi connectivity index (χ2n) is 3.87. The van der Waals surface area contributed by atoms with Gasteiger partial charge in [-0.05, 0) is 32.9 Å². The van der Waals surface area contributed by atoms with Crippen molar-refractivity contribution in [2.24, 2.45) is 0 Å². The number of hydrogen-bond acceptors (Lipinski definition) is 2. The molecule has 0 amide bonds. The van der Waals surface area contributed by atoms with E-state index < -0.39 is 0 Å². The second-order valence-corrected chi connectivity index (χ2v) is 3.87. The normalized spacial score (nSPS) is 11.1. The molecule has 0 saturated carbocycles. The van der Waals surface area contributed by atoms with E-state index in [1.165, 1.54) is 0 Å². The molecule has 0 aliphatic rings. The first-order chi connectivity index (χ1) is 6.03. The van der Waals surface area contributed by atoms with Crippen molar-refractivity contribution in [1.82, 2.24) is 0 Å². The Labute approximate surface area is 79.5 Å². The zero-order valence-corrected chi connectivity index (χ0v) is 8.63. The third kappa shape index (κ3) is 2.98. The Morgan fingerprint density at radius 3 is 2.00 bits per heavy atom. The van der Waals surface area contributed by atoms with Crippen LogP contribution in [0.2, 0.25) is 0 Å². The minimum absolute atomic E-state index is 0.186. The van der Waals surface area contributed by atoms with E-state index in [0.717, 1.165) is 11.5 Å². The van der Waals surface area contributed by atoms with Crippen molar-refractivity contribution in [2.75, 3.05) is 7.11 Å². The maximum atomic E-state index is 5.70. The van der Waals surface area contributed by atoms with Crippen LogP contribution in [0.1, 0.15) is 20.8 Å². The Morgan fingerprint density at radius 1 is 1.00 bits per heavy atom. The van der Waals surface area contributed by atoms with Gasteiger partial charge in [0.05, 0.1) is 7.11 Å². The fraction of sp³-hybridized carbons (Fsp3) is 0.455. The van der Waals surface area contributed by atoms with Crippen LogP contribution in [0.25, 0.3) is 0 Å². The maximum absolute atomic E-state index is 5.70. The molecule has 0 heterocycles. The second kappa shape index (κ2) is 3.69. The number of ether oxygens (including phenoxy) is 2. The highest BCUT2D eigenvalue weighted by molar-refractivity contribution is 5.39. The zero-order valence-electron chi connectivity index (χ0n) is 8.63. The minimum atomic E-state index is -0.186. The first-order valence-electron chi connectivity index (χ1n) is 4.35. The van der Waals surface area contributed by atoms with Crippen LogP contribution in [-0.2, 0) is 0 Å². The van der Waals surface area contributed by atoms with E-state index in [1.807, 2.05) is 45.0 Å². The van der Waals surface area contributed by atoms with Gasteiger partial charge in [0.1, 0.15) is 5.60 Å². The molecule has 13 heavy (non-hydrogen) atoms. The van der Waals surface area contributed by atoms with E-state index in [0.29, 0.717) is 0 Å². The minimum Gasteiger partial charge on any atom is -0.493 e. The Balaban J connectivity index is 2.87. The van der Waals surface area contributed by atoms with Crippen molar-refractivity contribution in [3.63, 3.8) is 0 Å². The highest BCUT2D eigenvalue weighted by Crippen LogP contribution is 2.28. The van der Waals surface area contributed by atoms with Crippen LogP contribution in [-0.4, -0.2) is 12.7 Å². The fourth-order valence-electron chi connectivity index (χ4n) is 1.03. The molecule has 2 nitrogen and oxygen atoms in total. The first kappa shape index (κ1) is 9.90. The molecule has 0 aromatic heterocycles. The van der Waals surface area contributed by atoms with Gasteiger partial charge in [-0.15, -0.1) is 0 Å². The molecule has 0 aliphatic heterocycles. The van der Waals surface area contributed by atoms with Crippen LogP contribution in [0, 0.1) is 0 Å². The van der Waals surface area contributed by atoms with Crippen LogP contribution in [0.3, 0.4) is 0 Å². The van der Waals surface area contributed by atoms with Crippen molar-refractivity contribution in [3.8, 4) is 11.5 Å². The van der Waals surface area contributed by atoms with Crippen molar-refractivity contribution >= 4 is 0 Å². The number of hydrogen-bond donors (Lipinski definition) is 0. The summed E-state index contributed by atoms with van der Waals surface area (Å²) < 4.78 is 10.9. The smallest absolute Gasteiger partial charge is 0.161 e. The van der Waals surface area contributed by atoms with Gasteiger partial charge in [0.25, 0.3) is 0 Å². The predicted molar refractivity (Wildman–Crippen MR) is 53.4 cm³/mol. The van der Waals surface area contributed by atoms with Gasteiger partial charge in [-0.3, -0.25) is 0 Å². The largest absolute Gasteiger partial charge is 0.493 e. The lowest BCUT2D eigenvalue weighted by Crippen LogP contribution is -2.23. The Bertz CT molecular complexity index is 274. The number of rotatable bonds is 2. The summed E-state index contributed by atoms with van der Waals surface area (Å²) in [6.07, 6.45) is 0. The summed E-state index contributed by atoms with van der Waals surface area (Å²) in [7, 11) is 1.64. The standard InChI is InChI=1S/C11H16O2/c1-11(2,3)13-10-8-6-5-7-9(10)12-4/h5-8H,1-4H3. The molecule has 0 fully saturated rings. The van der Waals surface area contributed by atoms with Crippen LogP contribution in [0.5, 0.6) is 11.5 Å². The maximum Gasteiger partial charge on any atom is 0.161 e. The van der Waals surface area contributed by atoms with Crippen LogP contribution in [0.15, 0.2) is 24.3 Å². The van der Waals surface area contributed by atoms with E-state index in [2.05, 4.69) is 0 Å². The summed E-state index contributed by atoms with van der Waals surface area (Å²) in [6, 6.07) is 7.66. The molecular formula is C11H16O2. The van der Waals surface area contributed by atoms with Gasteiger partial charge in [-0.25, -0.2) is 0 Å². The van der Waals surface area contributed by atoms with Gasteiger partial charge in [0.2, 0.25) is 0 Å². The van der Waals surface area contributed by atoms with Crippen molar-refractivity contribution < 1.29 is 9.47 Å². The van der Waals surface area contributed by atoms with Crippen LogP contribution < -0.4 is 9.47 Å². The lowest BCUT2D eigenvalue weighted by molar-refractivity contribution is 0.125. The van der Waals surface area contributed by atoms with Crippen molar-refractivity contribution in [1.29, 1.82) is 0 Å². The van der Waals surface area contributed by atoms with Gasteiger partial charge >= 0.3 is 0 Å². The monoisotopic (exact) mass is 180 g/mol. The topological polar surface area (TPSA) is 18.5 Å². The quantitative estimate of drug-likeness (QED) is 0.696. The van der Waals surface area contributed by atoms with E-state index in [4.69, 9.17) is 9.47 Å². The molecule has 0 saturated heterocycles. The van der Waals surface area contributed by atoms with Crippen molar-refractivity contribution in [2.45, 2.75) is 26.4 Å². The highest BCUT2D eigenvalue weighted by Gasteiger charge is 2.14. The van der Waals surface area contributed by atoms with Gasteiger partial charge in [-0.2, -0.15) is 0 Å². The number of benzene rings is 1. The SMILES string of the molecule is COc1ccccc1OC(C)(C)C. The van der Waals surface area contributed by atoms with Crippen LogP contribution >= 0.6 is 0 Å². The number of para-hydroxylation sites is 2. The molecule has 1 aromatic carbocycles. The third-order valence-corrected chi connectivity index (χ3v) is 1.49. The van der Waals surface area contributed by atoms with E-state index in [9.17, 15) is 0 Å². The van der Waals surface area contributed by atoms with Gasteiger partial charge in [0.15, 0.2) is 11.5 Å². The average molecular weight is 180 g/mol. The summed E-state index contributed by atoms with van der Waals surface area (Å²) in [5.74, 6) is 1.56. The lowest BCUT2D eigenvalue weighted by atomic mass is 10.2. The molecule has 0 unspecified atom stereocenters. The summed E-state index contributed by atoms with van der Waals surface area (Å²) in [5.41, 5.74) is -0.186. The molecule has 2 heteroatoms. The zero-order chi connectivity index (χ0) is 9.90. The van der Waals surface area contributed by atoms with E-state index >= 15 is 0 Å². The molecule has 0 spiro atoms. The lowest BCUT2D eigenvalue weighted by Gasteiger charge is -2.22. The Morgan fingerprint density at radius 2 is 1.54 bits per heavy atom. The molecule has 0 bridgehead atoms.